The Balaban J connectivity index is 1.39. The molecular formula is C40H28P2. The number of hydrogen-bond donors (Lipinski definition) is 0. The second kappa shape index (κ2) is 10.8. The lowest BCUT2D eigenvalue weighted by Gasteiger charge is -2.20. The molecule has 0 N–H and O–H groups in total. The molecule has 0 aliphatic carbocycles. The van der Waals surface area contributed by atoms with Gasteiger partial charge in [0.25, 0.3) is 0 Å². The first-order valence-corrected chi connectivity index (χ1v) is 16.4. The van der Waals surface area contributed by atoms with E-state index in [9.17, 15) is 0 Å². The molecule has 2 atom stereocenters. The third kappa shape index (κ3) is 4.68. The minimum absolute atomic E-state index is 0.538. The zero-order valence-corrected chi connectivity index (χ0v) is 25.0. The molecule has 8 aromatic carbocycles. The van der Waals surface area contributed by atoms with Gasteiger partial charge in [0.1, 0.15) is 0 Å². The predicted molar refractivity (Wildman–Crippen MR) is 190 cm³/mol. The van der Waals surface area contributed by atoms with Crippen molar-refractivity contribution in [3.05, 3.63) is 158 Å². The minimum atomic E-state index is 0.538. The van der Waals surface area contributed by atoms with Crippen LogP contribution in [-0.4, -0.2) is 0 Å². The molecule has 0 radical (unpaired) electrons. The number of rotatable bonds is 5. The van der Waals surface area contributed by atoms with E-state index in [-0.39, 0.29) is 0 Å². The lowest BCUT2D eigenvalue weighted by Crippen LogP contribution is -2.23. The maximum atomic E-state index is 2.46. The van der Waals surface area contributed by atoms with E-state index in [0.29, 0.717) is 17.2 Å². The van der Waals surface area contributed by atoms with Crippen LogP contribution in [-0.2, 0) is 0 Å². The third-order valence-electron chi connectivity index (χ3n) is 8.16. The highest BCUT2D eigenvalue weighted by Gasteiger charge is 2.18. The summed E-state index contributed by atoms with van der Waals surface area (Å²) in [6.45, 7) is 0. The predicted octanol–water partition coefficient (Wildman–Crippen LogP) is 9.22. The molecule has 0 heterocycles. The van der Waals surface area contributed by atoms with Crippen LogP contribution in [0.15, 0.2) is 158 Å². The molecule has 2 heteroatoms. The lowest BCUT2D eigenvalue weighted by atomic mass is 9.94. The van der Waals surface area contributed by atoms with E-state index in [0.717, 1.165) is 0 Å². The molecule has 2 unspecified atom stereocenters. The normalized spacial score (nSPS) is 12.1. The smallest absolute Gasteiger partial charge is 0.00150 e. The summed E-state index contributed by atoms with van der Waals surface area (Å²) in [7, 11) is 1.10. The molecular weight excluding hydrogens is 542 g/mol. The van der Waals surface area contributed by atoms with Crippen molar-refractivity contribution in [2.45, 2.75) is 0 Å². The lowest BCUT2D eigenvalue weighted by molar-refractivity contribution is 1.72. The van der Waals surface area contributed by atoms with Crippen LogP contribution >= 0.6 is 17.2 Å². The summed E-state index contributed by atoms with van der Waals surface area (Å²) < 4.78 is 0. The largest absolute Gasteiger partial charge is 0.0616 e. The van der Waals surface area contributed by atoms with Gasteiger partial charge in [-0.3, -0.25) is 0 Å². The third-order valence-corrected chi connectivity index (χ3v) is 11.0. The average molecular weight is 571 g/mol. The van der Waals surface area contributed by atoms with Crippen LogP contribution in [0.2, 0.25) is 0 Å². The molecule has 0 spiro atoms. The van der Waals surface area contributed by atoms with Crippen LogP contribution in [0, 0.1) is 0 Å². The van der Waals surface area contributed by atoms with Gasteiger partial charge in [-0.2, -0.15) is 0 Å². The maximum absolute atomic E-state index is 2.46. The standard InChI is InChI=1S/C40H28P2/c1-3-13-30-24-33(22-20-27(30)10-1)41-38-26-32-15-6-8-18-36(32)39(37-19-9-16-29-12-5-7-17-35(29)37)40(38)42-34-23-21-28-11-2-4-14-31(28)25-34/h1-26,41-42H. The van der Waals surface area contributed by atoms with Crippen molar-refractivity contribution < 1.29 is 0 Å². The van der Waals surface area contributed by atoms with Crippen molar-refractivity contribution in [3.8, 4) is 11.1 Å². The van der Waals surface area contributed by atoms with E-state index < -0.39 is 0 Å². The summed E-state index contributed by atoms with van der Waals surface area (Å²) >= 11 is 0. The summed E-state index contributed by atoms with van der Waals surface area (Å²) in [6, 6.07) is 58.3. The summed E-state index contributed by atoms with van der Waals surface area (Å²) in [4.78, 5) is 0. The Morgan fingerprint density at radius 1 is 0.333 bits per heavy atom. The zero-order valence-electron chi connectivity index (χ0n) is 23.0. The number of hydrogen-bond acceptors (Lipinski definition) is 0. The Hall–Kier alpha value is -4.34. The second-order valence-corrected chi connectivity index (χ2v) is 13.5. The van der Waals surface area contributed by atoms with Crippen LogP contribution in [0.1, 0.15) is 0 Å². The second-order valence-electron chi connectivity index (χ2n) is 10.8. The molecule has 42 heavy (non-hydrogen) atoms. The minimum Gasteiger partial charge on any atom is -0.0616 e. The topological polar surface area (TPSA) is 0 Å². The van der Waals surface area contributed by atoms with Crippen LogP contribution < -0.4 is 21.2 Å². The Bertz CT molecular complexity index is 2260. The molecule has 0 aromatic heterocycles. The van der Waals surface area contributed by atoms with E-state index in [1.807, 2.05) is 0 Å². The van der Waals surface area contributed by atoms with Crippen molar-refractivity contribution in [2.24, 2.45) is 0 Å². The molecule has 8 rings (SSSR count). The molecule has 0 nitrogen and oxygen atoms in total. The van der Waals surface area contributed by atoms with Gasteiger partial charge in [0, 0.05) is 0 Å². The molecule has 0 fully saturated rings. The van der Waals surface area contributed by atoms with E-state index in [4.69, 9.17) is 0 Å². The number of benzene rings is 8. The quantitative estimate of drug-likeness (QED) is 0.181. The Morgan fingerprint density at radius 2 is 0.857 bits per heavy atom. The van der Waals surface area contributed by atoms with Gasteiger partial charge in [-0.1, -0.05) is 157 Å². The van der Waals surface area contributed by atoms with Gasteiger partial charge in [-0.25, -0.2) is 0 Å². The fraction of sp³-hybridized carbons (Fsp3) is 0. The van der Waals surface area contributed by atoms with E-state index in [1.54, 1.807) is 0 Å². The zero-order chi connectivity index (χ0) is 27.9. The SMILES string of the molecule is c1ccc2cc(Pc3cc4ccccc4c(-c4cccc5ccccc45)c3Pc3ccc4ccccc4c3)ccc2c1. The Labute approximate surface area is 249 Å². The first-order chi connectivity index (χ1) is 20.8. The molecule has 0 aliphatic rings. The van der Waals surface area contributed by atoms with Crippen molar-refractivity contribution in [1.29, 1.82) is 0 Å². The van der Waals surface area contributed by atoms with Crippen molar-refractivity contribution in [1.82, 2.24) is 0 Å². The van der Waals surface area contributed by atoms with Gasteiger partial charge in [0.15, 0.2) is 0 Å². The first-order valence-electron chi connectivity index (χ1n) is 14.4. The molecule has 8 aromatic rings. The molecule has 0 bridgehead atoms. The van der Waals surface area contributed by atoms with Crippen LogP contribution in [0.4, 0.5) is 0 Å². The molecule has 0 aliphatic heterocycles. The number of fused-ring (bicyclic) bond motifs is 4. The molecule has 0 saturated heterocycles. The Morgan fingerprint density at radius 3 is 1.55 bits per heavy atom. The maximum Gasteiger partial charge on any atom is -0.00150 e. The van der Waals surface area contributed by atoms with E-state index in [2.05, 4.69) is 158 Å². The van der Waals surface area contributed by atoms with Crippen molar-refractivity contribution in [3.63, 3.8) is 0 Å². The molecule has 198 valence electrons. The van der Waals surface area contributed by atoms with Gasteiger partial charge in [0.05, 0.1) is 0 Å². The van der Waals surface area contributed by atoms with E-state index in [1.165, 1.54) is 75.4 Å². The molecule has 0 saturated carbocycles. The summed E-state index contributed by atoms with van der Waals surface area (Å²) in [5, 5.41) is 16.0. The van der Waals surface area contributed by atoms with Crippen molar-refractivity contribution >= 4 is 81.5 Å². The van der Waals surface area contributed by atoms with Gasteiger partial charge in [-0.15, -0.1) is 0 Å². The molecule has 0 amide bonds. The van der Waals surface area contributed by atoms with Crippen LogP contribution in [0.25, 0.3) is 54.2 Å². The van der Waals surface area contributed by atoms with Gasteiger partial charge in [0.2, 0.25) is 0 Å². The Kier molecular flexibility index (Phi) is 6.53. The summed E-state index contributed by atoms with van der Waals surface area (Å²) in [5.74, 6) is 0. The fourth-order valence-corrected chi connectivity index (χ4v) is 8.98. The monoisotopic (exact) mass is 570 g/mol. The van der Waals surface area contributed by atoms with Crippen LogP contribution in [0.3, 0.4) is 0 Å². The summed E-state index contributed by atoms with van der Waals surface area (Å²) in [5.41, 5.74) is 2.69. The fourth-order valence-electron chi connectivity index (χ4n) is 6.13. The van der Waals surface area contributed by atoms with E-state index >= 15 is 0 Å². The highest BCUT2D eigenvalue weighted by atomic mass is 31.1. The van der Waals surface area contributed by atoms with Crippen molar-refractivity contribution in [2.75, 3.05) is 0 Å². The highest BCUT2D eigenvalue weighted by molar-refractivity contribution is 7.62. The van der Waals surface area contributed by atoms with Gasteiger partial charge in [-0.05, 0) is 93.6 Å². The van der Waals surface area contributed by atoms with Gasteiger partial charge >= 0.3 is 0 Å². The highest BCUT2D eigenvalue weighted by Crippen LogP contribution is 2.37. The summed E-state index contributed by atoms with van der Waals surface area (Å²) in [6.07, 6.45) is 0. The van der Waals surface area contributed by atoms with Crippen LogP contribution in [0.5, 0.6) is 0 Å². The first kappa shape index (κ1) is 25.4. The van der Waals surface area contributed by atoms with Gasteiger partial charge < -0.3 is 0 Å². The average Bonchev–Trinajstić information content (AvgIpc) is 3.05.